The van der Waals surface area contributed by atoms with Crippen LogP contribution in [0.15, 0.2) is 53.7 Å². The topological polar surface area (TPSA) is 39.9 Å². The lowest BCUT2D eigenvalue weighted by atomic mass is 10.2. The molecule has 136 valence electrons. The summed E-state index contributed by atoms with van der Waals surface area (Å²) in [5.41, 5.74) is 2.32. The van der Waals surface area contributed by atoms with E-state index in [0.717, 1.165) is 28.7 Å². The average molecular weight is 371 g/mol. The molecule has 1 atom stereocenters. The molecule has 0 saturated carbocycles. The van der Waals surface area contributed by atoms with Crippen LogP contribution in [-0.4, -0.2) is 14.8 Å². The van der Waals surface area contributed by atoms with E-state index in [1.807, 2.05) is 30.7 Å². The monoisotopic (exact) mass is 371 g/mol. The molecule has 3 aromatic rings. The van der Waals surface area contributed by atoms with Crippen molar-refractivity contribution in [2.45, 2.75) is 37.3 Å². The number of halogens is 1. The van der Waals surface area contributed by atoms with Crippen molar-refractivity contribution >= 4 is 11.8 Å². The van der Waals surface area contributed by atoms with Crippen LogP contribution >= 0.6 is 11.8 Å². The molecule has 1 unspecified atom stereocenters. The van der Waals surface area contributed by atoms with Gasteiger partial charge >= 0.3 is 0 Å². The Labute approximate surface area is 157 Å². The Morgan fingerprint density at radius 3 is 2.35 bits per heavy atom. The fourth-order valence-corrected chi connectivity index (χ4v) is 3.47. The van der Waals surface area contributed by atoms with Crippen molar-refractivity contribution in [1.29, 1.82) is 0 Å². The Hall–Kier alpha value is -2.34. The summed E-state index contributed by atoms with van der Waals surface area (Å²) in [5.74, 6) is 2.07. The molecule has 0 aliphatic carbocycles. The van der Waals surface area contributed by atoms with Gasteiger partial charge < -0.3 is 9.30 Å². The van der Waals surface area contributed by atoms with E-state index in [4.69, 9.17) is 4.74 Å². The fraction of sp³-hybridized carbons (Fsp3) is 0.300. The molecule has 4 nitrogen and oxygen atoms in total. The molecule has 26 heavy (non-hydrogen) atoms. The maximum Gasteiger partial charge on any atom is 0.191 e. The van der Waals surface area contributed by atoms with E-state index < -0.39 is 0 Å². The summed E-state index contributed by atoms with van der Waals surface area (Å²) in [7, 11) is 1.93. The SMILES string of the molecule is CCc1ccc(OC(C)c2nnc(SCc3ccc(F)cc3)n2C)cc1. The van der Waals surface area contributed by atoms with Crippen molar-refractivity contribution in [3.63, 3.8) is 0 Å². The zero-order chi connectivity index (χ0) is 18.5. The number of aryl methyl sites for hydroxylation is 1. The van der Waals surface area contributed by atoms with Gasteiger partial charge in [0, 0.05) is 12.8 Å². The summed E-state index contributed by atoms with van der Waals surface area (Å²) in [6.45, 7) is 4.09. The van der Waals surface area contributed by atoms with Crippen LogP contribution in [0.2, 0.25) is 0 Å². The van der Waals surface area contributed by atoms with Crippen LogP contribution in [0.5, 0.6) is 5.75 Å². The lowest BCUT2D eigenvalue weighted by Crippen LogP contribution is -2.10. The smallest absolute Gasteiger partial charge is 0.191 e. The van der Waals surface area contributed by atoms with Crippen molar-refractivity contribution in [3.05, 3.63) is 71.3 Å². The number of nitrogens with zero attached hydrogens (tertiary/aromatic N) is 3. The second kappa shape index (κ2) is 8.36. The zero-order valence-electron chi connectivity index (χ0n) is 15.1. The Kier molecular flexibility index (Phi) is 5.93. The van der Waals surface area contributed by atoms with Gasteiger partial charge in [0.25, 0.3) is 0 Å². The van der Waals surface area contributed by atoms with Gasteiger partial charge in [-0.05, 0) is 48.7 Å². The fourth-order valence-electron chi connectivity index (χ4n) is 2.59. The third-order valence-electron chi connectivity index (χ3n) is 4.16. The standard InChI is InChI=1S/C20H22FN3OS/c1-4-15-7-11-18(12-8-15)25-14(2)19-22-23-20(24(19)3)26-13-16-5-9-17(21)10-6-16/h5-12,14H,4,13H2,1-3H3. The highest BCUT2D eigenvalue weighted by molar-refractivity contribution is 7.98. The van der Waals surface area contributed by atoms with Gasteiger partial charge in [-0.1, -0.05) is 43.0 Å². The molecule has 0 aliphatic heterocycles. The minimum Gasteiger partial charge on any atom is -0.483 e. The molecular weight excluding hydrogens is 349 g/mol. The zero-order valence-corrected chi connectivity index (χ0v) is 16.0. The van der Waals surface area contributed by atoms with E-state index in [1.165, 1.54) is 17.7 Å². The molecule has 6 heteroatoms. The largest absolute Gasteiger partial charge is 0.483 e. The van der Waals surface area contributed by atoms with Crippen LogP contribution in [0.3, 0.4) is 0 Å². The first kappa shape index (κ1) is 18.5. The first-order chi connectivity index (χ1) is 12.6. The highest BCUT2D eigenvalue weighted by atomic mass is 32.2. The Bertz CT molecular complexity index is 846. The van der Waals surface area contributed by atoms with Gasteiger partial charge in [-0.15, -0.1) is 10.2 Å². The van der Waals surface area contributed by atoms with Crippen molar-refractivity contribution < 1.29 is 9.13 Å². The van der Waals surface area contributed by atoms with Crippen LogP contribution in [-0.2, 0) is 19.2 Å². The molecule has 0 amide bonds. The maximum absolute atomic E-state index is 13.0. The quantitative estimate of drug-likeness (QED) is 0.551. The highest BCUT2D eigenvalue weighted by Gasteiger charge is 2.17. The number of hydrogen-bond acceptors (Lipinski definition) is 4. The van der Waals surface area contributed by atoms with Crippen molar-refractivity contribution in [2.24, 2.45) is 7.05 Å². The third kappa shape index (κ3) is 4.43. The van der Waals surface area contributed by atoms with Crippen LogP contribution in [0.4, 0.5) is 4.39 Å². The first-order valence-electron chi connectivity index (χ1n) is 8.59. The Morgan fingerprint density at radius 2 is 1.69 bits per heavy atom. The van der Waals surface area contributed by atoms with Gasteiger partial charge in [-0.3, -0.25) is 0 Å². The highest BCUT2D eigenvalue weighted by Crippen LogP contribution is 2.25. The molecule has 1 heterocycles. The Balaban J connectivity index is 1.64. The number of hydrogen-bond donors (Lipinski definition) is 0. The van der Waals surface area contributed by atoms with E-state index in [2.05, 4.69) is 29.3 Å². The van der Waals surface area contributed by atoms with E-state index in [1.54, 1.807) is 23.9 Å². The summed E-state index contributed by atoms with van der Waals surface area (Å²) < 4.78 is 20.9. The molecule has 1 aromatic heterocycles. The van der Waals surface area contributed by atoms with Gasteiger partial charge in [0.1, 0.15) is 11.6 Å². The normalized spacial score (nSPS) is 12.2. The first-order valence-corrected chi connectivity index (χ1v) is 9.57. The number of ether oxygens (including phenoxy) is 1. The summed E-state index contributed by atoms with van der Waals surface area (Å²) in [4.78, 5) is 0. The molecule has 0 spiro atoms. The van der Waals surface area contributed by atoms with Gasteiger partial charge in [0.15, 0.2) is 17.1 Å². The van der Waals surface area contributed by atoms with Crippen molar-refractivity contribution in [1.82, 2.24) is 14.8 Å². The number of rotatable bonds is 7. The maximum atomic E-state index is 13.0. The second-order valence-corrected chi connectivity index (χ2v) is 7.02. The summed E-state index contributed by atoms with van der Waals surface area (Å²) in [6, 6.07) is 14.6. The number of benzene rings is 2. The van der Waals surface area contributed by atoms with Gasteiger partial charge in [0.2, 0.25) is 0 Å². The van der Waals surface area contributed by atoms with Crippen LogP contribution < -0.4 is 4.74 Å². The van der Waals surface area contributed by atoms with E-state index in [0.29, 0.717) is 5.75 Å². The average Bonchev–Trinajstić information content (AvgIpc) is 3.02. The summed E-state index contributed by atoms with van der Waals surface area (Å²) in [5, 5.41) is 9.35. The van der Waals surface area contributed by atoms with Crippen LogP contribution in [0, 0.1) is 5.82 Å². The lowest BCUT2D eigenvalue weighted by Gasteiger charge is -2.14. The number of aromatic nitrogens is 3. The summed E-state index contributed by atoms with van der Waals surface area (Å²) >= 11 is 1.57. The van der Waals surface area contributed by atoms with Crippen LogP contribution in [0.1, 0.15) is 36.9 Å². The molecular formula is C20H22FN3OS. The molecule has 0 N–H and O–H groups in total. The van der Waals surface area contributed by atoms with Crippen molar-refractivity contribution in [3.8, 4) is 5.75 Å². The van der Waals surface area contributed by atoms with Gasteiger partial charge in [0.05, 0.1) is 0 Å². The number of thioether (sulfide) groups is 1. The molecule has 3 rings (SSSR count). The van der Waals surface area contributed by atoms with E-state index in [9.17, 15) is 4.39 Å². The Morgan fingerprint density at radius 1 is 1.04 bits per heavy atom. The molecule has 0 fully saturated rings. The molecule has 0 radical (unpaired) electrons. The molecule has 0 bridgehead atoms. The predicted octanol–water partition coefficient (Wildman–Crippen LogP) is 4.95. The van der Waals surface area contributed by atoms with Gasteiger partial charge in [-0.2, -0.15) is 0 Å². The van der Waals surface area contributed by atoms with E-state index in [-0.39, 0.29) is 11.9 Å². The third-order valence-corrected chi connectivity index (χ3v) is 5.25. The second-order valence-electron chi connectivity index (χ2n) is 6.07. The van der Waals surface area contributed by atoms with Crippen LogP contribution in [0.25, 0.3) is 0 Å². The van der Waals surface area contributed by atoms with Gasteiger partial charge in [-0.25, -0.2) is 4.39 Å². The predicted molar refractivity (Wildman–Crippen MR) is 102 cm³/mol. The lowest BCUT2D eigenvalue weighted by molar-refractivity contribution is 0.211. The van der Waals surface area contributed by atoms with E-state index >= 15 is 0 Å². The minimum atomic E-state index is -0.224. The molecule has 0 aliphatic rings. The molecule has 0 saturated heterocycles. The summed E-state index contributed by atoms with van der Waals surface area (Å²) in [6.07, 6.45) is 0.800. The van der Waals surface area contributed by atoms with Crippen molar-refractivity contribution in [2.75, 3.05) is 0 Å². The molecule has 2 aromatic carbocycles. The minimum absolute atomic E-state index is 0.208.